The average molecular weight is 315 g/mol. The van der Waals surface area contributed by atoms with Crippen LogP contribution in [0.2, 0.25) is 0 Å². The quantitative estimate of drug-likeness (QED) is 0.880. The normalized spacial score (nSPS) is 11.6. The summed E-state index contributed by atoms with van der Waals surface area (Å²) in [5.74, 6) is 0.0124. The Morgan fingerprint density at radius 3 is 2.67 bits per heavy atom. The van der Waals surface area contributed by atoms with Crippen molar-refractivity contribution in [3.05, 3.63) is 22.4 Å². The van der Waals surface area contributed by atoms with Gasteiger partial charge < -0.3 is 9.88 Å². The third-order valence-electron chi connectivity index (χ3n) is 2.72. The molecular formula is C14H23BrN2O. The number of carbonyl (C=O) groups excluding carboxylic acids is 1. The number of amides is 1. The number of hydrogen-bond donors (Lipinski definition) is 1. The zero-order valence-electron chi connectivity index (χ0n) is 11.7. The lowest BCUT2D eigenvalue weighted by atomic mass is 9.92. The van der Waals surface area contributed by atoms with Crippen LogP contribution in [0, 0.1) is 5.41 Å². The molecule has 18 heavy (non-hydrogen) atoms. The maximum Gasteiger partial charge on any atom is 0.267 e. The molecular weight excluding hydrogens is 292 g/mol. The number of nitrogens with zero attached hydrogens (tertiary/aromatic N) is 1. The van der Waals surface area contributed by atoms with Crippen molar-refractivity contribution in [1.82, 2.24) is 9.88 Å². The van der Waals surface area contributed by atoms with Gasteiger partial charge >= 0.3 is 0 Å². The second-order valence-electron chi connectivity index (χ2n) is 5.80. The summed E-state index contributed by atoms with van der Waals surface area (Å²) in [6.07, 6.45) is 3.96. The van der Waals surface area contributed by atoms with E-state index < -0.39 is 0 Å². The second kappa shape index (κ2) is 6.41. The average Bonchev–Trinajstić information content (AvgIpc) is 2.58. The summed E-state index contributed by atoms with van der Waals surface area (Å²) < 4.78 is 2.95. The minimum Gasteiger partial charge on any atom is -0.351 e. The molecule has 0 saturated heterocycles. The van der Waals surface area contributed by atoms with Gasteiger partial charge in [0.25, 0.3) is 5.91 Å². The highest BCUT2D eigenvalue weighted by Crippen LogP contribution is 2.18. The van der Waals surface area contributed by atoms with Crippen LogP contribution in [0.5, 0.6) is 0 Å². The van der Waals surface area contributed by atoms with Gasteiger partial charge in [0.1, 0.15) is 5.69 Å². The largest absolute Gasteiger partial charge is 0.351 e. The zero-order valence-corrected chi connectivity index (χ0v) is 13.3. The van der Waals surface area contributed by atoms with Crippen LogP contribution in [0.1, 0.15) is 51.0 Å². The van der Waals surface area contributed by atoms with E-state index in [4.69, 9.17) is 0 Å². The predicted octanol–water partition coefficient (Wildman–Crippen LogP) is 3.83. The Balaban J connectivity index is 2.61. The Hall–Kier alpha value is -0.770. The predicted molar refractivity (Wildman–Crippen MR) is 78.8 cm³/mol. The molecule has 1 heterocycles. The van der Waals surface area contributed by atoms with Gasteiger partial charge in [0.05, 0.1) is 0 Å². The number of halogens is 1. The van der Waals surface area contributed by atoms with Crippen LogP contribution in [0.15, 0.2) is 16.7 Å². The molecule has 0 fully saturated rings. The lowest BCUT2D eigenvalue weighted by Crippen LogP contribution is -2.29. The van der Waals surface area contributed by atoms with Crippen LogP contribution in [0.4, 0.5) is 0 Å². The molecule has 0 radical (unpaired) electrons. The Labute approximate surface area is 118 Å². The van der Waals surface area contributed by atoms with Crippen LogP contribution in [0.3, 0.4) is 0 Å². The van der Waals surface area contributed by atoms with Crippen molar-refractivity contribution in [1.29, 1.82) is 0 Å². The third-order valence-corrected chi connectivity index (χ3v) is 3.15. The molecule has 1 aromatic heterocycles. The van der Waals surface area contributed by atoms with Crippen molar-refractivity contribution < 1.29 is 4.79 Å². The van der Waals surface area contributed by atoms with E-state index in [0.29, 0.717) is 0 Å². The molecule has 0 aliphatic carbocycles. The summed E-state index contributed by atoms with van der Waals surface area (Å²) in [7, 11) is 0. The van der Waals surface area contributed by atoms with Crippen molar-refractivity contribution >= 4 is 21.8 Å². The first-order valence-corrected chi connectivity index (χ1v) is 7.26. The maximum atomic E-state index is 12.1. The lowest BCUT2D eigenvalue weighted by molar-refractivity contribution is 0.0940. The third kappa shape index (κ3) is 4.84. The second-order valence-corrected chi connectivity index (χ2v) is 6.72. The van der Waals surface area contributed by atoms with Crippen molar-refractivity contribution in [2.24, 2.45) is 5.41 Å². The Morgan fingerprint density at radius 1 is 1.44 bits per heavy atom. The maximum absolute atomic E-state index is 12.1. The summed E-state index contributed by atoms with van der Waals surface area (Å²) in [5.41, 5.74) is 0.983. The monoisotopic (exact) mass is 314 g/mol. The highest BCUT2D eigenvalue weighted by Gasteiger charge is 2.14. The van der Waals surface area contributed by atoms with Crippen LogP contribution in [-0.2, 0) is 6.54 Å². The van der Waals surface area contributed by atoms with Crippen LogP contribution in [-0.4, -0.2) is 17.0 Å². The number of rotatable bonds is 5. The molecule has 0 bridgehead atoms. The van der Waals surface area contributed by atoms with E-state index in [1.165, 1.54) is 0 Å². The number of carbonyl (C=O) groups is 1. The molecule has 0 aromatic carbocycles. The highest BCUT2D eigenvalue weighted by molar-refractivity contribution is 9.10. The number of nitrogens with one attached hydrogen (secondary N) is 1. The molecule has 4 heteroatoms. The van der Waals surface area contributed by atoms with E-state index in [2.05, 4.69) is 48.9 Å². The van der Waals surface area contributed by atoms with E-state index in [0.717, 1.165) is 36.1 Å². The molecule has 1 aromatic rings. The zero-order chi connectivity index (χ0) is 13.8. The van der Waals surface area contributed by atoms with Gasteiger partial charge in [-0.1, -0.05) is 27.7 Å². The van der Waals surface area contributed by atoms with Gasteiger partial charge in [-0.15, -0.1) is 0 Å². The summed E-state index contributed by atoms with van der Waals surface area (Å²) in [5, 5.41) is 2.99. The molecule has 1 rings (SSSR count). The van der Waals surface area contributed by atoms with Crippen LogP contribution >= 0.6 is 15.9 Å². The molecule has 0 aliphatic heterocycles. The van der Waals surface area contributed by atoms with Crippen LogP contribution in [0.25, 0.3) is 0 Å². The fourth-order valence-electron chi connectivity index (χ4n) is 1.73. The fraction of sp³-hybridized carbons (Fsp3) is 0.643. The molecule has 0 spiro atoms. The van der Waals surface area contributed by atoms with Gasteiger partial charge in [0, 0.05) is 23.8 Å². The Kier molecular flexibility index (Phi) is 5.45. The molecule has 0 atom stereocenters. The van der Waals surface area contributed by atoms with Gasteiger partial charge in [-0.25, -0.2) is 0 Å². The minimum atomic E-state index is 0.0124. The SMILES string of the molecule is CCCn1cc(Br)cc1C(=O)NCCC(C)(C)C. The van der Waals surface area contributed by atoms with Crippen LogP contribution < -0.4 is 5.32 Å². The van der Waals surface area contributed by atoms with E-state index >= 15 is 0 Å². The van der Waals surface area contributed by atoms with Crippen molar-refractivity contribution in [2.75, 3.05) is 6.54 Å². The topological polar surface area (TPSA) is 34.0 Å². The first-order valence-electron chi connectivity index (χ1n) is 6.47. The molecule has 3 nitrogen and oxygen atoms in total. The summed E-state index contributed by atoms with van der Waals surface area (Å²) in [6.45, 7) is 10.2. The summed E-state index contributed by atoms with van der Waals surface area (Å²) in [6, 6.07) is 1.88. The van der Waals surface area contributed by atoms with Crippen molar-refractivity contribution in [3.8, 4) is 0 Å². The van der Waals surface area contributed by atoms with Crippen molar-refractivity contribution in [3.63, 3.8) is 0 Å². The minimum absolute atomic E-state index is 0.0124. The molecule has 0 saturated carbocycles. The molecule has 1 N–H and O–H groups in total. The molecule has 0 unspecified atom stereocenters. The standard InChI is InChI=1S/C14H23BrN2O/c1-5-8-17-10-11(15)9-12(17)13(18)16-7-6-14(2,3)4/h9-10H,5-8H2,1-4H3,(H,16,18). The number of hydrogen-bond acceptors (Lipinski definition) is 1. The Bertz CT molecular complexity index is 404. The highest BCUT2D eigenvalue weighted by atomic mass is 79.9. The Morgan fingerprint density at radius 2 is 2.11 bits per heavy atom. The van der Waals surface area contributed by atoms with Gasteiger partial charge in [0.15, 0.2) is 0 Å². The lowest BCUT2D eigenvalue weighted by Gasteiger charge is -2.18. The van der Waals surface area contributed by atoms with E-state index in [1.807, 2.05) is 16.8 Å². The fourth-order valence-corrected chi connectivity index (χ4v) is 2.20. The van der Waals surface area contributed by atoms with Gasteiger partial charge in [0.2, 0.25) is 0 Å². The molecule has 102 valence electrons. The molecule has 0 aliphatic rings. The summed E-state index contributed by atoms with van der Waals surface area (Å²) >= 11 is 3.42. The van der Waals surface area contributed by atoms with Crippen molar-refractivity contribution in [2.45, 2.75) is 47.1 Å². The molecule has 1 amide bonds. The number of aromatic nitrogens is 1. The summed E-state index contributed by atoms with van der Waals surface area (Å²) in [4.78, 5) is 12.1. The van der Waals surface area contributed by atoms with E-state index in [9.17, 15) is 4.79 Å². The van der Waals surface area contributed by atoms with E-state index in [-0.39, 0.29) is 11.3 Å². The smallest absolute Gasteiger partial charge is 0.267 e. The van der Waals surface area contributed by atoms with Gasteiger partial charge in [-0.3, -0.25) is 4.79 Å². The first kappa shape index (κ1) is 15.3. The van der Waals surface area contributed by atoms with E-state index in [1.54, 1.807) is 0 Å². The first-order chi connectivity index (χ1) is 8.33. The number of aryl methyl sites for hydroxylation is 1. The van der Waals surface area contributed by atoms with Gasteiger partial charge in [-0.05, 0) is 40.3 Å². The van der Waals surface area contributed by atoms with Gasteiger partial charge in [-0.2, -0.15) is 0 Å².